The van der Waals surface area contributed by atoms with Crippen molar-refractivity contribution in [3.05, 3.63) is 48.3 Å². The molecule has 0 saturated carbocycles. The minimum atomic E-state index is -0.909. The van der Waals surface area contributed by atoms with E-state index in [1.54, 1.807) is 12.1 Å². The number of halogens is 2. The normalized spacial score (nSPS) is 11.1. The first-order valence-corrected chi connectivity index (χ1v) is 9.67. The highest BCUT2D eigenvalue weighted by Crippen LogP contribution is 2.31. The third-order valence-corrected chi connectivity index (χ3v) is 4.64. The topological polar surface area (TPSA) is 55.2 Å². The number of rotatable bonds is 9. The summed E-state index contributed by atoms with van der Waals surface area (Å²) in [5, 5.41) is 9.51. The summed E-state index contributed by atoms with van der Waals surface area (Å²) in [5.41, 5.74) is 0.453. The average Bonchev–Trinajstić information content (AvgIpc) is 2.68. The summed E-state index contributed by atoms with van der Waals surface area (Å²) in [5.74, 6) is -1.50. The highest BCUT2D eigenvalue weighted by Gasteiger charge is 2.16. The lowest BCUT2D eigenvalue weighted by Crippen LogP contribution is -2.02. The fraction of sp³-hybridized carbons (Fsp3) is 0.364. The van der Waals surface area contributed by atoms with Crippen molar-refractivity contribution in [2.45, 2.75) is 45.4 Å². The quantitative estimate of drug-likeness (QED) is 0.361. The summed E-state index contributed by atoms with van der Waals surface area (Å²) < 4.78 is 34.9. The number of unbranched alkanes of at least 4 members (excludes halogenated alkanes) is 5. The maximum absolute atomic E-state index is 14.9. The van der Waals surface area contributed by atoms with E-state index in [2.05, 4.69) is 16.9 Å². The highest BCUT2D eigenvalue weighted by atomic mass is 19.1. The van der Waals surface area contributed by atoms with Crippen LogP contribution in [0.1, 0.15) is 45.4 Å². The smallest absolute Gasteiger partial charge is 0.227 e. The number of hydrogen-bond acceptors (Lipinski definition) is 4. The van der Waals surface area contributed by atoms with Crippen molar-refractivity contribution >= 4 is 10.8 Å². The highest BCUT2D eigenvalue weighted by molar-refractivity contribution is 5.88. The number of benzene rings is 1. The first kappa shape index (κ1) is 20.0. The Morgan fingerprint density at radius 1 is 1.00 bits per heavy atom. The van der Waals surface area contributed by atoms with E-state index >= 15 is 0 Å². The van der Waals surface area contributed by atoms with Crippen LogP contribution in [0, 0.1) is 11.8 Å². The number of ether oxygens (including phenoxy) is 1. The Bertz CT molecular complexity index is 930. The van der Waals surface area contributed by atoms with Crippen LogP contribution in [0.5, 0.6) is 11.6 Å². The SMILES string of the molecule is CCCCCCCCOc1cc2ccc(-c3ccc(O)cn3)c(F)c2c(F)n1. The standard InChI is InChI=1S/C22H24F2N2O2/c1-2-3-4-5-6-7-12-28-19-13-15-8-10-17(18-11-9-16(27)14-25-18)21(23)20(15)22(24)26-19/h8-11,13-14,27H,2-7,12H2,1H3. The van der Waals surface area contributed by atoms with Crippen LogP contribution in [0.2, 0.25) is 0 Å². The molecule has 0 bridgehead atoms. The third kappa shape index (κ3) is 4.74. The molecule has 0 fully saturated rings. The molecule has 0 atom stereocenters. The summed E-state index contributed by atoms with van der Waals surface area (Å²) >= 11 is 0. The van der Waals surface area contributed by atoms with Crippen molar-refractivity contribution in [1.29, 1.82) is 0 Å². The van der Waals surface area contributed by atoms with E-state index in [9.17, 15) is 13.9 Å². The molecule has 0 aliphatic carbocycles. The lowest BCUT2D eigenvalue weighted by Gasteiger charge is -2.10. The van der Waals surface area contributed by atoms with Crippen LogP contribution in [0.3, 0.4) is 0 Å². The van der Waals surface area contributed by atoms with Gasteiger partial charge in [0.15, 0.2) is 0 Å². The molecule has 0 saturated heterocycles. The molecule has 3 aromatic rings. The average molecular weight is 386 g/mol. The van der Waals surface area contributed by atoms with E-state index in [-0.39, 0.29) is 22.6 Å². The molecule has 28 heavy (non-hydrogen) atoms. The van der Waals surface area contributed by atoms with E-state index in [0.29, 0.717) is 17.7 Å². The summed E-state index contributed by atoms with van der Waals surface area (Å²) in [6.07, 6.45) is 7.99. The molecule has 1 aromatic carbocycles. The van der Waals surface area contributed by atoms with Crippen molar-refractivity contribution in [2.75, 3.05) is 6.61 Å². The van der Waals surface area contributed by atoms with Gasteiger partial charge in [0, 0.05) is 11.6 Å². The maximum atomic E-state index is 14.9. The molecule has 2 heterocycles. The predicted molar refractivity (Wildman–Crippen MR) is 105 cm³/mol. The van der Waals surface area contributed by atoms with Gasteiger partial charge in [0.05, 0.1) is 23.9 Å². The van der Waals surface area contributed by atoms with Crippen LogP contribution in [0.15, 0.2) is 36.5 Å². The molecule has 1 N–H and O–H groups in total. The van der Waals surface area contributed by atoms with Gasteiger partial charge in [-0.3, -0.25) is 4.98 Å². The Kier molecular flexibility index (Phi) is 6.74. The van der Waals surface area contributed by atoms with Crippen LogP contribution in [-0.2, 0) is 0 Å². The Morgan fingerprint density at radius 3 is 2.54 bits per heavy atom. The van der Waals surface area contributed by atoms with Crippen molar-refractivity contribution in [3.8, 4) is 22.9 Å². The molecule has 0 radical (unpaired) electrons. The minimum absolute atomic E-state index is 0.0232. The van der Waals surface area contributed by atoms with E-state index < -0.39 is 11.8 Å². The number of aromatic nitrogens is 2. The van der Waals surface area contributed by atoms with E-state index in [1.165, 1.54) is 43.7 Å². The predicted octanol–water partition coefficient (Wildman–Crippen LogP) is 6.02. The minimum Gasteiger partial charge on any atom is -0.506 e. The molecule has 0 aliphatic heterocycles. The molecule has 4 nitrogen and oxygen atoms in total. The van der Waals surface area contributed by atoms with Gasteiger partial charge in [-0.2, -0.15) is 9.37 Å². The maximum Gasteiger partial charge on any atom is 0.227 e. The zero-order valence-corrected chi connectivity index (χ0v) is 15.9. The van der Waals surface area contributed by atoms with Gasteiger partial charge in [0.25, 0.3) is 0 Å². The molecule has 0 spiro atoms. The molecule has 0 amide bonds. The Labute approximate surface area is 163 Å². The molecule has 148 valence electrons. The fourth-order valence-corrected chi connectivity index (χ4v) is 3.12. The largest absolute Gasteiger partial charge is 0.506 e. The zero-order chi connectivity index (χ0) is 19.9. The van der Waals surface area contributed by atoms with Crippen LogP contribution in [0.4, 0.5) is 8.78 Å². The van der Waals surface area contributed by atoms with Gasteiger partial charge in [-0.15, -0.1) is 0 Å². The molecule has 6 heteroatoms. The van der Waals surface area contributed by atoms with Crippen LogP contribution >= 0.6 is 0 Å². The van der Waals surface area contributed by atoms with Crippen molar-refractivity contribution in [3.63, 3.8) is 0 Å². The molecule has 2 aromatic heterocycles. The lowest BCUT2D eigenvalue weighted by atomic mass is 10.0. The summed E-state index contributed by atoms with van der Waals surface area (Å²) in [7, 11) is 0. The van der Waals surface area contributed by atoms with Gasteiger partial charge in [-0.25, -0.2) is 4.39 Å². The zero-order valence-electron chi connectivity index (χ0n) is 15.9. The number of aromatic hydroxyl groups is 1. The third-order valence-electron chi connectivity index (χ3n) is 4.64. The molecule has 0 aliphatic rings. The second-order valence-electron chi connectivity index (χ2n) is 6.79. The second kappa shape index (κ2) is 9.44. The molecular formula is C22H24F2N2O2. The van der Waals surface area contributed by atoms with Crippen LogP contribution in [-0.4, -0.2) is 21.7 Å². The van der Waals surface area contributed by atoms with Crippen LogP contribution < -0.4 is 4.74 Å². The van der Waals surface area contributed by atoms with Crippen molar-refractivity contribution in [2.24, 2.45) is 0 Å². The number of fused-ring (bicyclic) bond motifs is 1. The van der Waals surface area contributed by atoms with Gasteiger partial charge in [0.1, 0.15) is 11.6 Å². The van der Waals surface area contributed by atoms with Crippen molar-refractivity contribution < 1.29 is 18.6 Å². The van der Waals surface area contributed by atoms with Gasteiger partial charge >= 0.3 is 0 Å². The molecule has 0 unspecified atom stereocenters. The Hall–Kier alpha value is -2.76. The van der Waals surface area contributed by atoms with Gasteiger partial charge in [0.2, 0.25) is 11.8 Å². The van der Waals surface area contributed by atoms with E-state index in [0.717, 1.165) is 19.3 Å². The van der Waals surface area contributed by atoms with Crippen molar-refractivity contribution in [1.82, 2.24) is 9.97 Å². The molecular weight excluding hydrogens is 362 g/mol. The Balaban J connectivity index is 1.73. The summed E-state index contributed by atoms with van der Waals surface area (Å²) in [6.45, 7) is 2.64. The fourth-order valence-electron chi connectivity index (χ4n) is 3.12. The molecule has 3 rings (SSSR count). The second-order valence-corrected chi connectivity index (χ2v) is 6.79. The van der Waals surface area contributed by atoms with Gasteiger partial charge < -0.3 is 9.84 Å². The van der Waals surface area contributed by atoms with Gasteiger partial charge in [-0.05, 0) is 30.0 Å². The first-order valence-electron chi connectivity index (χ1n) is 9.67. The lowest BCUT2D eigenvalue weighted by molar-refractivity contribution is 0.290. The van der Waals surface area contributed by atoms with Crippen LogP contribution in [0.25, 0.3) is 22.0 Å². The monoisotopic (exact) mass is 386 g/mol. The number of nitrogens with zero attached hydrogens (tertiary/aromatic N) is 2. The summed E-state index contributed by atoms with van der Waals surface area (Å²) in [6, 6.07) is 7.58. The number of hydrogen-bond donors (Lipinski definition) is 1. The van der Waals surface area contributed by atoms with E-state index in [4.69, 9.17) is 4.74 Å². The van der Waals surface area contributed by atoms with Gasteiger partial charge in [-0.1, -0.05) is 45.1 Å². The van der Waals surface area contributed by atoms with E-state index in [1.807, 2.05) is 0 Å². The Morgan fingerprint density at radius 2 is 1.79 bits per heavy atom. The summed E-state index contributed by atoms with van der Waals surface area (Å²) in [4.78, 5) is 7.75. The number of pyridine rings is 2. The first-order chi connectivity index (χ1) is 13.6.